The van der Waals surface area contributed by atoms with Crippen LogP contribution >= 0.6 is 7.82 Å². The number of esters is 2. The zero-order chi connectivity index (χ0) is 47.4. The average molecular weight is 935 g/mol. The van der Waals surface area contributed by atoms with Crippen LogP contribution < -0.4 is 0 Å². The van der Waals surface area contributed by atoms with Crippen molar-refractivity contribution in [1.82, 2.24) is 0 Å². The van der Waals surface area contributed by atoms with Gasteiger partial charge in [-0.15, -0.1) is 0 Å². The summed E-state index contributed by atoms with van der Waals surface area (Å²) >= 11 is 0. The van der Waals surface area contributed by atoms with Gasteiger partial charge in [-0.25, -0.2) is 4.57 Å². The summed E-state index contributed by atoms with van der Waals surface area (Å²) in [5.74, 6) is -0.795. The Morgan fingerprint density at radius 1 is 0.431 bits per heavy atom. The van der Waals surface area contributed by atoms with Crippen LogP contribution in [0.15, 0.2) is 48.6 Å². The highest BCUT2D eigenvalue weighted by atomic mass is 31.2. The first-order valence-electron chi connectivity index (χ1n) is 27.4. The normalized spacial score (nSPS) is 13.5. The van der Waals surface area contributed by atoms with Crippen LogP contribution in [0.4, 0.5) is 0 Å². The Labute approximate surface area is 401 Å². The van der Waals surface area contributed by atoms with Crippen LogP contribution in [-0.2, 0) is 32.7 Å². The summed E-state index contributed by atoms with van der Waals surface area (Å²) in [4.78, 5) is 35.0. The van der Waals surface area contributed by atoms with Gasteiger partial charge in [-0.2, -0.15) is 0 Å². The molecule has 0 aliphatic carbocycles. The smallest absolute Gasteiger partial charge is 0.462 e. The molecule has 0 heterocycles. The van der Waals surface area contributed by atoms with Crippen molar-refractivity contribution in [1.29, 1.82) is 0 Å². The molecule has 0 aliphatic rings. The van der Waals surface area contributed by atoms with E-state index in [1.807, 2.05) is 0 Å². The summed E-state index contributed by atoms with van der Waals surface area (Å²) in [6.45, 7) is 5.41. The second kappa shape index (κ2) is 51.4. The lowest BCUT2D eigenvalue weighted by molar-refractivity contribution is -0.161. The van der Waals surface area contributed by atoms with Crippen LogP contribution in [0.3, 0.4) is 0 Å². The summed E-state index contributed by atoms with van der Waals surface area (Å²) in [5, 5.41) is 0. The van der Waals surface area contributed by atoms with Gasteiger partial charge in [-0.3, -0.25) is 18.6 Å². The molecule has 0 bridgehead atoms. The van der Waals surface area contributed by atoms with Crippen molar-refractivity contribution >= 4 is 19.8 Å². The van der Waals surface area contributed by atoms with Crippen LogP contribution in [0.2, 0.25) is 0 Å². The second-order valence-electron chi connectivity index (χ2n) is 18.2. The van der Waals surface area contributed by atoms with Gasteiger partial charge < -0.3 is 14.4 Å². The maximum absolute atomic E-state index is 12.6. The van der Waals surface area contributed by atoms with Gasteiger partial charge in [0.15, 0.2) is 6.10 Å². The van der Waals surface area contributed by atoms with Crippen LogP contribution in [0.5, 0.6) is 0 Å². The van der Waals surface area contributed by atoms with E-state index >= 15 is 0 Å². The van der Waals surface area contributed by atoms with E-state index < -0.39 is 26.5 Å². The SMILES string of the molecule is CC/C=C\C/C=C\C/C=C\C/C=C\CCCCCCCCCCC(=O)OC(COC(=O)CCCCCCCCCCCCCCCCCCCCCCCCCC)COP(=O)(O)OCC. The van der Waals surface area contributed by atoms with E-state index in [1.54, 1.807) is 6.92 Å². The molecule has 8 nitrogen and oxygen atoms in total. The Hall–Kier alpha value is -1.99. The number of carbonyl (C=O) groups excluding carboxylic acids is 2. The lowest BCUT2D eigenvalue weighted by atomic mass is 10.0. The van der Waals surface area contributed by atoms with Crippen LogP contribution in [0.1, 0.15) is 271 Å². The number of rotatable bonds is 51. The molecular weight excluding hydrogens is 832 g/mol. The zero-order valence-electron chi connectivity index (χ0n) is 42.6. The van der Waals surface area contributed by atoms with Crippen molar-refractivity contribution in [3.05, 3.63) is 48.6 Å². The first kappa shape index (κ1) is 63.0. The van der Waals surface area contributed by atoms with E-state index in [4.69, 9.17) is 18.5 Å². The summed E-state index contributed by atoms with van der Waals surface area (Å²) in [6.07, 6.45) is 63.3. The van der Waals surface area contributed by atoms with E-state index in [-0.39, 0.29) is 25.6 Å². The predicted octanol–water partition coefficient (Wildman–Crippen LogP) is 18.1. The number of carbonyl (C=O) groups is 2. The first-order valence-corrected chi connectivity index (χ1v) is 28.9. The Balaban J connectivity index is 3.92. The van der Waals surface area contributed by atoms with E-state index in [2.05, 4.69) is 62.5 Å². The van der Waals surface area contributed by atoms with Gasteiger partial charge in [0.2, 0.25) is 0 Å². The van der Waals surface area contributed by atoms with Gasteiger partial charge in [0.05, 0.1) is 13.2 Å². The summed E-state index contributed by atoms with van der Waals surface area (Å²) in [5.41, 5.74) is 0. The molecule has 0 radical (unpaired) electrons. The number of allylic oxidation sites excluding steroid dienone is 8. The fourth-order valence-electron chi connectivity index (χ4n) is 7.92. The number of phosphoric acid groups is 1. The third-order valence-electron chi connectivity index (χ3n) is 11.9. The van der Waals surface area contributed by atoms with Gasteiger partial charge in [0, 0.05) is 12.8 Å². The summed E-state index contributed by atoms with van der Waals surface area (Å²) in [7, 11) is -4.29. The highest BCUT2D eigenvalue weighted by Crippen LogP contribution is 2.43. The third kappa shape index (κ3) is 51.2. The van der Waals surface area contributed by atoms with Crippen molar-refractivity contribution in [2.45, 2.75) is 277 Å². The van der Waals surface area contributed by atoms with Crippen molar-refractivity contribution in [2.75, 3.05) is 19.8 Å². The molecule has 65 heavy (non-hydrogen) atoms. The molecule has 0 amide bonds. The molecule has 0 aromatic carbocycles. The number of unbranched alkanes of at least 4 members (excludes halogenated alkanes) is 31. The Kier molecular flexibility index (Phi) is 49.8. The van der Waals surface area contributed by atoms with Gasteiger partial charge >= 0.3 is 19.8 Å². The number of hydrogen-bond donors (Lipinski definition) is 1. The zero-order valence-corrected chi connectivity index (χ0v) is 43.5. The molecule has 2 unspecified atom stereocenters. The molecule has 0 rings (SSSR count). The van der Waals surface area contributed by atoms with Crippen molar-refractivity contribution in [3.8, 4) is 0 Å². The monoisotopic (exact) mass is 935 g/mol. The third-order valence-corrected chi connectivity index (χ3v) is 13.0. The molecule has 0 fully saturated rings. The molecule has 0 saturated heterocycles. The number of phosphoric ester groups is 1. The fraction of sp³-hybridized carbons (Fsp3) is 0.821. The quantitative estimate of drug-likeness (QED) is 0.0278. The van der Waals surface area contributed by atoms with E-state index in [9.17, 15) is 19.0 Å². The van der Waals surface area contributed by atoms with Crippen molar-refractivity contribution in [2.24, 2.45) is 0 Å². The second-order valence-corrected chi connectivity index (χ2v) is 19.7. The van der Waals surface area contributed by atoms with E-state index in [0.717, 1.165) is 70.6 Å². The van der Waals surface area contributed by atoms with Crippen LogP contribution in [0, 0.1) is 0 Å². The number of hydrogen-bond acceptors (Lipinski definition) is 7. The average Bonchev–Trinajstić information content (AvgIpc) is 3.29. The molecule has 0 aromatic heterocycles. The summed E-state index contributed by atoms with van der Waals surface area (Å²) in [6, 6.07) is 0. The molecule has 9 heteroatoms. The van der Waals surface area contributed by atoms with Crippen LogP contribution in [-0.4, -0.2) is 42.8 Å². The Bertz CT molecular complexity index is 1200. The molecule has 380 valence electrons. The maximum Gasteiger partial charge on any atom is 0.472 e. The maximum atomic E-state index is 12.6. The van der Waals surface area contributed by atoms with Crippen molar-refractivity contribution < 1.29 is 37.6 Å². The largest absolute Gasteiger partial charge is 0.472 e. The highest BCUT2D eigenvalue weighted by molar-refractivity contribution is 7.47. The minimum Gasteiger partial charge on any atom is -0.462 e. The Morgan fingerprint density at radius 2 is 0.785 bits per heavy atom. The lowest BCUT2D eigenvalue weighted by Crippen LogP contribution is -2.29. The van der Waals surface area contributed by atoms with E-state index in [1.165, 1.54) is 161 Å². The van der Waals surface area contributed by atoms with E-state index in [0.29, 0.717) is 12.8 Å². The van der Waals surface area contributed by atoms with Gasteiger partial charge in [-0.05, 0) is 58.3 Å². The minimum atomic E-state index is -4.29. The molecule has 1 N–H and O–H groups in total. The first-order chi connectivity index (χ1) is 31.8. The molecule has 0 aliphatic heterocycles. The van der Waals surface area contributed by atoms with Gasteiger partial charge in [0.25, 0.3) is 0 Å². The molecule has 0 saturated carbocycles. The molecule has 0 aromatic rings. The highest BCUT2D eigenvalue weighted by Gasteiger charge is 2.25. The molecular formula is C56H103O8P. The van der Waals surface area contributed by atoms with Gasteiger partial charge in [-0.1, -0.05) is 249 Å². The molecule has 0 spiro atoms. The minimum absolute atomic E-state index is 0.00115. The molecule has 2 atom stereocenters. The number of ether oxygens (including phenoxy) is 2. The summed E-state index contributed by atoms with van der Waals surface area (Å²) < 4.78 is 32.9. The van der Waals surface area contributed by atoms with Crippen molar-refractivity contribution in [3.63, 3.8) is 0 Å². The lowest BCUT2D eigenvalue weighted by Gasteiger charge is -2.19. The topological polar surface area (TPSA) is 108 Å². The predicted molar refractivity (Wildman–Crippen MR) is 276 cm³/mol. The van der Waals surface area contributed by atoms with Gasteiger partial charge in [0.1, 0.15) is 6.61 Å². The standard InChI is InChI=1S/C56H103O8P/c1-4-7-9-11-13-15-17-19-21-23-25-27-28-29-31-32-34-36-38-40-42-44-46-48-50-55(57)61-52-54(53-63-65(59,60)62-6-3)64-56(58)51-49-47-45-43-41-39-37-35-33-30-26-24-22-20-18-16-14-12-10-8-5-2/h8,10,14,16,20,22,26,30,54H,4-7,9,11-13,15,17-19,21,23-25,27-29,31-53H2,1-3H3,(H,59,60)/b10-8-,16-14-,22-20-,30-26-. The Morgan fingerprint density at radius 3 is 1.18 bits per heavy atom. The van der Waals surface area contributed by atoms with Crippen LogP contribution in [0.25, 0.3) is 0 Å². The fourth-order valence-corrected chi connectivity index (χ4v) is 8.67.